The highest BCUT2D eigenvalue weighted by atomic mass is 16.8. The third-order valence-corrected chi connectivity index (χ3v) is 23.5. The van der Waals surface area contributed by atoms with Crippen LogP contribution >= 0.6 is 0 Å². The first-order valence-electron chi connectivity index (χ1n) is 33.2. The molecule has 7 saturated heterocycles. The second kappa shape index (κ2) is 29.4. The molecule has 0 unspecified atom stereocenters. The minimum absolute atomic E-state index is 0.0603. The van der Waals surface area contributed by atoms with Gasteiger partial charge < -0.3 is 159 Å². The van der Waals surface area contributed by atoms with E-state index in [0.29, 0.717) is 43.4 Å². The van der Waals surface area contributed by atoms with Crippen molar-refractivity contribution in [3.63, 3.8) is 0 Å². The molecule has 0 bridgehead atoms. The third kappa shape index (κ3) is 13.8. The summed E-state index contributed by atoms with van der Waals surface area (Å²) >= 11 is 0. The Bertz CT molecular complexity index is 2410. The molecule has 11 fully saturated rings. The van der Waals surface area contributed by atoms with Gasteiger partial charge in [-0.1, -0.05) is 27.7 Å². The van der Waals surface area contributed by atoms with E-state index in [4.69, 9.17) is 61.6 Å². The Morgan fingerprint density at radius 1 is 0.462 bits per heavy atom. The van der Waals surface area contributed by atoms with Crippen molar-refractivity contribution >= 4 is 0 Å². The predicted molar refractivity (Wildman–Crippen MR) is 305 cm³/mol. The smallest absolute Gasteiger partial charge is 0.187 e. The fourth-order valence-corrected chi connectivity index (χ4v) is 18.0. The number of fused-ring (bicyclic) bond motifs is 7. The van der Waals surface area contributed by atoms with Gasteiger partial charge in [0.25, 0.3) is 0 Å². The zero-order valence-electron chi connectivity index (χ0n) is 52.7. The van der Waals surface area contributed by atoms with Crippen LogP contribution in [-0.2, 0) is 61.6 Å². The molecule has 4 saturated carbocycles. The van der Waals surface area contributed by atoms with Gasteiger partial charge in [0.15, 0.2) is 43.5 Å². The highest BCUT2D eigenvalue weighted by molar-refractivity contribution is 5.15. The SMILES string of the molecule is C[C@H](CC[C@@]1(O)O[C@H]2C[C@H]3[C@@H]4CC[C@H]5C[C@@H](O[C@@H]6O[C@H](CO)[C@@H](O[C@@H]7O[C@H](CO)[C@@H](O)[C@H](O[C@@H]8OC[C@@H](O)[C@H](O)[C@H]8O)[C@H]7O[C@@H]7O[C@H](CO)[C@@H](O)[C@H](O[C@@H]8OC[C@@H](O)[C@H](O)[C@H]8O)[C@H]7O)[C@H](O)[C@H]6O)CC[C@]5(C)[C@H]4CC[C@]3(C)[C@H]2[C@@H]1C)CO[C@@H]1O[C@H](CO)[C@H](O)[C@H](O)[C@H]1O. The van der Waals surface area contributed by atoms with Crippen molar-refractivity contribution in [2.24, 2.45) is 52.3 Å². The zero-order chi connectivity index (χ0) is 67.1. The molecule has 11 rings (SSSR count). The van der Waals surface area contributed by atoms with Crippen LogP contribution in [0.3, 0.4) is 0 Å². The van der Waals surface area contributed by atoms with Crippen molar-refractivity contribution < 1.29 is 159 Å². The molecule has 32 heteroatoms. The molecule has 11 aliphatic rings. The number of ether oxygens (including phenoxy) is 13. The Morgan fingerprint density at radius 2 is 0.978 bits per heavy atom. The maximum Gasteiger partial charge on any atom is 0.187 e. The van der Waals surface area contributed by atoms with E-state index in [1.54, 1.807) is 0 Å². The Balaban J connectivity index is 0.730. The van der Waals surface area contributed by atoms with Crippen molar-refractivity contribution in [3.8, 4) is 0 Å². The van der Waals surface area contributed by atoms with Gasteiger partial charge in [-0.3, -0.25) is 0 Å². The average Bonchev–Trinajstić information content (AvgIpc) is 1.57. The normalized spacial score (nSPS) is 55.4. The molecule has 32 nitrogen and oxygen atoms in total. The molecule has 538 valence electrons. The number of aliphatic hydroxyl groups excluding tert-OH is 18. The molecule has 7 aliphatic heterocycles. The molecule has 7 heterocycles. The molecule has 19 N–H and O–H groups in total. The lowest BCUT2D eigenvalue weighted by Crippen LogP contribution is -2.69. The first-order chi connectivity index (χ1) is 44.1. The molecule has 93 heavy (non-hydrogen) atoms. The summed E-state index contributed by atoms with van der Waals surface area (Å²) in [5.74, 6) is -0.0870. The summed E-state index contributed by atoms with van der Waals surface area (Å²) in [6.07, 6.45) is -41.9. The van der Waals surface area contributed by atoms with E-state index in [-0.39, 0.29) is 47.2 Å². The number of aliphatic hydroxyl groups is 19. The quantitative estimate of drug-likeness (QED) is 0.0504. The predicted octanol–water partition coefficient (Wildman–Crippen LogP) is -7.03. The van der Waals surface area contributed by atoms with Crippen LogP contribution in [0.25, 0.3) is 0 Å². The first-order valence-corrected chi connectivity index (χ1v) is 33.2. The largest absolute Gasteiger partial charge is 0.394 e. The second-order valence-electron chi connectivity index (χ2n) is 29.0. The van der Waals surface area contributed by atoms with E-state index in [1.807, 2.05) is 6.92 Å². The Labute approximate surface area is 537 Å². The fraction of sp³-hybridized carbons (Fsp3) is 1.00. The maximum atomic E-state index is 12.2. The van der Waals surface area contributed by atoms with Crippen LogP contribution in [0.1, 0.15) is 91.9 Å². The van der Waals surface area contributed by atoms with E-state index in [0.717, 1.165) is 38.5 Å². The lowest BCUT2D eigenvalue weighted by atomic mass is 9.44. The van der Waals surface area contributed by atoms with Crippen LogP contribution in [0, 0.1) is 52.3 Å². The van der Waals surface area contributed by atoms with Crippen LogP contribution in [0.4, 0.5) is 0 Å². The number of hydrogen-bond donors (Lipinski definition) is 19. The Kier molecular flexibility index (Phi) is 23.0. The Hall–Kier alpha value is -1.28. The lowest BCUT2D eigenvalue weighted by molar-refractivity contribution is -0.408. The van der Waals surface area contributed by atoms with Crippen LogP contribution < -0.4 is 0 Å². The van der Waals surface area contributed by atoms with Crippen LogP contribution in [0.2, 0.25) is 0 Å². The molecule has 0 spiro atoms. The van der Waals surface area contributed by atoms with Crippen molar-refractivity contribution in [1.29, 1.82) is 0 Å². The van der Waals surface area contributed by atoms with Crippen LogP contribution in [0.5, 0.6) is 0 Å². The fourth-order valence-electron chi connectivity index (χ4n) is 18.0. The molecule has 4 aliphatic carbocycles. The topological polar surface area (TPSA) is 504 Å². The van der Waals surface area contributed by atoms with Crippen LogP contribution in [0.15, 0.2) is 0 Å². The van der Waals surface area contributed by atoms with Gasteiger partial charge in [0.05, 0.1) is 58.5 Å². The van der Waals surface area contributed by atoms with Crippen LogP contribution in [-0.4, -0.2) is 333 Å². The van der Waals surface area contributed by atoms with Crippen molar-refractivity contribution in [1.82, 2.24) is 0 Å². The van der Waals surface area contributed by atoms with E-state index in [1.165, 1.54) is 0 Å². The van der Waals surface area contributed by atoms with Crippen molar-refractivity contribution in [2.45, 2.75) is 282 Å². The van der Waals surface area contributed by atoms with E-state index >= 15 is 0 Å². The van der Waals surface area contributed by atoms with Gasteiger partial charge in [-0.2, -0.15) is 0 Å². The summed E-state index contributed by atoms with van der Waals surface area (Å²) in [6, 6.07) is 0. The second-order valence-corrected chi connectivity index (χ2v) is 29.0. The molecule has 0 aromatic heterocycles. The maximum absolute atomic E-state index is 12.2. The van der Waals surface area contributed by atoms with E-state index in [2.05, 4.69) is 20.8 Å². The molecule has 0 aromatic carbocycles. The van der Waals surface area contributed by atoms with Crippen molar-refractivity contribution in [3.05, 3.63) is 0 Å². The molecule has 0 amide bonds. The standard InChI is InChI=1S/C61H102O32/c1-22(19-81-53-46(77)42(73)39(70)32(15-62)85-53)7-12-61(80)23(2)36-31(93-61)14-28-26-6-5-24-13-25(8-10-59(24,3)27(26)9-11-60(28,36)4)84-56-47(78)43(74)49(35(18-65)88-56)89-58-52(51(41(72)34(17-64)87-58)91-55-45(76)38(69)30(67)21-83-55)92-57-48(79)50(40(71)33(16-63)86-57)90-54-44(75)37(68)29(66)20-82-54/h22-58,62-80H,5-21H2,1-4H3/t22-,23+,24+,25+,26-,27+,28+,29-,30-,31+,32-,33-,34-,35-,36+,37+,38+,39+,40-,41-,42+,43-,44-,45-,46-,47-,48-,49-,50+,51+,52-,53-,54+,55+,56-,57+,58+,59+,60+,61-/m1/s1. The Morgan fingerprint density at radius 3 is 1.61 bits per heavy atom. The highest BCUT2D eigenvalue weighted by Crippen LogP contribution is 2.71. The molecular weight excluding hydrogens is 1240 g/mol. The molecule has 40 atom stereocenters. The average molecular weight is 1350 g/mol. The minimum atomic E-state index is -2.14. The summed E-state index contributed by atoms with van der Waals surface area (Å²) in [4.78, 5) is 0. The van der Waals surface area contributed by atoms with Gasteiger partial charge in [-0.05, 0) is 104 Å². The number of rotatable bonds is 20. The third-order valence-electron chi connectivity index (χ3n) is 23.5. The van der Waals surface area contributed by atoms with Gasteiger partial charge in [0.1, 0.15) is 134 Å². The van der Waals surface area contributed by atoms with Gasteiger partial charge in [0.2, 0.25) is 0 Å². The molecule has 0 aromatic rings. The van der Waals surface area contributed by atoms with Gasteiger partial charge in [-0.15, -0.1) is 0 Å². The summed E-state index contributed by atoms with van der Waals surface area (Å²) in [6.45, 7) is 4.46. The molecule has 0 radical (unpaired) electrons. The number of hydrogen-bond acceptors (Lipinski definition) is 32. The summed E-state index contributed by atoms with van der Waals surface area (Å²) in [5, 5.41) is 206. The highest BCUT2D eigenvalue weighted by Gasteiger charge is 2.69. The summed E-state index contributed by atoms with van der Waals surface area (Å²) in [5.41, 5.74) is -0.139. The first kappa shape index (κ1) is 73.0. The minimum Gasteiger partial charge on any atom is -0.394 e. The summed E-state index contributed by atoms with van der Waals surface area (Å²) in [7, 11) is 0. The van der Waals surface area contributed by atoms with Gasteiger partial charge >= 0.3 is 0 Å². The van der Waals surface area contributed by atoms with E-state index < -0.39 is 224 Å². The van der Waals surface area contributed by atoms with Gasteiger partial charge in [0, 0.05) is 12.3 Å². The summed E-state index contributed by atoms with van der Waals surface area (Å²) < 4.78 is 77.8. The van der Waals surface area contributed by atoms with Gasteiger partial charge in [-0.25, -0.2) is 0 Å². The van der Waals surface area contributed by atoms with Crippen molar-refractivity contribution in [2.75, 3.05) is 46.2 Å². The monoisotopic (exact) mass is 1350 g/mol. The molecular formula is C61H102O32. The zero-order valence-corrected chi connectivity index (χ0v) is 52.7. The van der Waals surface area contributed by atoms with E-state index in [9.17, 15) is 97.0 Å². The lowest BCUT2D eigenvalue weighted by Gasteiger charge is -2.61.